The molecule has 0 heterocycles. The van der Waals surface area contributed by atoms with Crippen LogP contribution in [0.15, 0.2) is 60.7 Å². The van der Waals surface area contributed by atoms with Crippen molar-refractivity contribution in [2.75, 3.05) is 14.2 Å². The smallest absolute Gasteiger partial charge is 0.342 e. The monoisotopic (exact) mass is 262 g/mol. The van der Waals surface area contributed by atoms with Crippen molar-refractivity contribution in [3.8, 4) is 0 Å². The number of benzene rings is 1. The van der Waals surface area contributed by atoms with Gasteiger partial charge in [0.25, 0.3) is 0 Å². The summed E-state index contributed by atoms with van der Waals surface area (Å²) in [5, 5.41) is 0. The lowest BCUT2D eigenvalue weighted by Gasteiger charge is -2.25. The summed E-state index contributed by atoms with van der Waals surface area (Å²) in [6, 6.07) is 12.0. The summed E-state index contributed by atoms with van der Waals surface area (Å²) in [7, 11) is 2.80. The van der Waals surface area contributed by atoms with E-state index in [2.05, 4.69) is 11.3 Å². The van der Waals surface area contributed by atoms with E-state index in [9.17, 15) is 4.79 Å². The quantitative estimate of drug-likeness (QED) is 0.616. The van der Waals surface area contributed by atoms with Gasteiger partial charge in [0.1, 0.15) is 0 Å². The van der Waals surface area contributed by atoms with Gasteiger partial charge in [-0.3, -0.25) is 0 Å². The molecule has 0 fully saturated rings. The molecule has 1 aromatic carbocycles. The van der Waals surface area contributed by atoms with Crippen LogP contribution in [0.1, 0.15) is 13.8 Å². The number of carbonyl (C=O) groups excluding carboxylic acids is 1. The summed E-state index contributed by atoms with van der Waals surface area (Å²) >= 11 is 0. The van der Waals surface area contributed by atoms with Crippen LogP contribution in [0, 0.1) is 0 Å². The first kappa shape index (κ1) is 17.1. The van der Waals surface area contributed by atoms with Crippen LogP contribution in [0.3, 0.4) is 0 Å². The third-order valence-corrected chi connectivity index (χ3v) is 2.77. The second-order valence-corrected chi connectivity index (χ2v) is 3.97. The molecule has 3 nitrogen and oxygen atoms in total. The molecule has 1 unspecified atom stereocenters. The number of rotatable bonds is 4. The molecule has 0 saturated heterocycles. The normalized spacial score (nSPS) is 13.6. The predicted molar refractivity (Wildman–Crippen MR) is 77.8 cm³/mol. The second kappa shape index (κ2) is 9.11. The highest BCUT2D eigenvalue weighted by Gasteiger charge is 2.35. The third-order valence-electron chi connectivity index (χ3n) is 2.77. The number of ether oxygens (including phenoxy) is 2. The average Bonchev–Trinajstić information content (AvgIpc) is 2.48. The lowest BCUT2D eigenvalue weighted by molar-refractivity contribution is -0.159. The SMILES string of the molecule is C=C/C=C(\C)C(C)(OC)C(=O)OC.c1ccccc1. The van der Waals surface area contributed by atoms with Gasteiger partial charge in [-0.05, 0) is 19.4 Å². The van der Waals surface area contributed by atoms with Gasteiger partial charge in [-0.15, -0.1) is 0 Å². The summed E-state index contributed by atoms with van der Waals surface area (Å²) in [4.78, 5) is 11.4. The summed E-state index contributed by atoms with van der Waals surface area (Å²) in [5.74, 6) is -0.411. The molecular formula is C16H22O3. The van der Waals surface area contributed by atoms with E-state index >= 15 is 0 Å². The van der Waals surface area contributed by atoms with Crippen molar-refractivity contribution in [3.63, 3.8) is 0 Å². The number of allylic oxidation sites excluding steroid dienone is 2. The van der Waals surface area contributed by atoms with Gasteiger partial charge >= 0.3 is 5.97 Å². The Hall–Kier alpha value is -1.87. The van der Waals surface area contributed by atoms with Crippen molar-refractivity contribution in [2.45, 2.75) is 19.4 Å². The van der Waals surface area contributed by atoms with Crippen LogP contribution >= 0.6 is 0 Å². The van der Waals surface area contributed by atoms with Gasteiger partial charge in [-0.2, -0.15) is 0 Å². The van der Waals surface area contributed by atoms with E-state index in [1.54, 1.807) is 26.0 Å². The molecule has 1 aromatic rings. The maximum Gasteiger partial charge on any atom is 0.342 e. The highest BCUT2D eigenvalue weighted by molar-refractivity contribution is 5.83. The maximum absolute atomic E-state index is 11.4. The first-order chi connectivity index (χ1) is 9.02. The number of esters is 1. The predicted octanol–water partition coefficient (Wildman–Crippen LogP) is 3.38. The van der Waals surface area contributed by atoms with Crippen molar-refractivity contribution in [1.82, 2.24) is 0 Å². The van der Waals surface area contributed by atoms with E-state index in [0.717, 1.165) is 5.57 Å². The zero-order chi connectivity index (χ0) is 14.7. The van der Waals surface area contributed by atoms with Gasteiger partial charge in [0.2, 0.25) is 0 Å². The molecule has 0 saturated carbocycles. The molecule has 0 aliphatic carbocycles. The van der Waals surface area contributed by atoms with Crippen molar-refractivity contribution >= 4 is 5.97 Å². The summed E-state index contributed by atoms with van der Waals surface area (Å²) in [6.45, 7) is 7.00. The highest BCUT2D eigenvalue weighted by Crippen LogP contribution is 2.21. The van der Waals surface area contributed by atoms with Crippen molar-refractivity contribution in [1.29, 1.82) is 0 Å². The Kier molecular flexibility index (Phi) is 8.22. The molecule has 0 aliphatic rings. The number of carbonyl (C=O) groups is 1. The van der Waals surface area contributed by atoms with Gasteiger partial charge in [0.15, 0.2) is 5.60 Å². The Morgan fingerprint density at radius 3 is 1.79 bits per heavy atom. The molecular weight excluding hydrogens is 240 g/mol. The average molecular weight is 262 g/mol. The van der Waals surface area contributed by atoms with E-state index in [0.29, 0.717) is 0 Å². The Bertz CT molecular complexity index is 383. The molecule has 3 heteroatoms. The number of hydrogen-bond acceptors (Lipinski definition) is 3. The van der Waals surface area contributed by atoms with Gasteiger partial charge in [0.05, 0.1) is 7.11 Å². The van der Waals surface area contributed by atoms with Crippen molar-refractivity contribution < 1.29 is 14.3 Å². The minimum absolute atomic E-state index is 0.411. The molecule has 0 N–H and O–H groups in total. The molecule has 0 spiro atoms. The highest BCUT2D eigenvalue weighted by atomic mass is 16.6. The Labute approximate surface area is 115 Å². The summed E-state index contributed by atoms with van der Waals surface area (Å²) < 4.78 is 9.75. The molecule has 1 rings (SSSR count). The fraction of sp³-hybridized carbons (Fsp3) is 0.312. The summed E-state index contributed by atoms with van der Waals surface area (Å²) in [6.07, 6.45) is 3.33. The minimum atomic E-state index is -1.01. The Morgan fingerprint density at radius 2 is 1.53 bits per heavy atom. The van der Waals surface area contributed by atoms with E-state index in [4.69, 9.17) is 4.74 Å². The van der Waals surface area contributed by atoms with Gasteiger partial charge in [0, 0.05) is 7.11 Å². The minimum Gasteiger partial charge on any atom is -0.467 e. The van der Waals surface area contributed by atoms with Gasteiger partial charge in [-0.1, -0.05) is 55.1 Å². The van der Waals surface area contributed by atoms with Crippen molar-refractivity contribution in [2.24, 2.45) is 0 Å². The van der Waals surface area contributed by atoms with Crippen LogP contribution in [0.25, 0.3) is 0 Å². The largest absolute Gasteiger partial charge is 0.467 e. The zero-order valence-electron chi connectivity index (χ0n) is 12.1. The van der Waals surface area contributed by atoms with E-state index in [1.807, 2.05) is 36.4 Å². The molecule has 0 bridgehead atoms. The summed E-state index contributed by atoms with van der Waals surface area (Å²) in [5.41, 5.74) is -0.250. The zero-order valence-corrected chi connectivity index (χ0v) is 12.1. The molecule has 0 aliphatic heterocycles. The molecule has 1 atom stereocenters. The fourth-order valence-corrected chi connectivity index (χ4v) is 1.32. The molecule has 19 heavy (non-hydrogen) atoms. The Morgan fingerprint density at radius 1 is 1.11 bits per heavy atom. The van der Waals surface area contributed by atoms with Crippen LogP contribution in [0.5, 0.6) is 0 Å². The van der Waals surface area contributed by atoms with Crippen molar-refractivity contribution in [3.05, 3.63) is 60.7 Å². The van der Waals surface area contributed by atoms with E-state index in [-0.39, 0.29) is 0 Å². The lowest BCUT2D eigenvalue weighted by atomic mass is 9.97. The van der Waals surface area contributed by atoms with Gasteiger partial charge in [-0.25, -0.2) is 4.79 Å². The first-order valence-electron chi connectivity index (χ1n) is 5.96. The van der Waals surface area contributed by atoms with Crippen LogP contribution in [-0.2, 0) is 14.3 Å². The van der Waals surface area contributed by atoms with Crippen LogP contribution in [0.4, 0.5) is 0 Å². The molecule has 0 radical (unpaired) electrons. The van der Waals surface area contributed by atoms with Gasteiger partial charge < -0.3 is 9.47 Å². The fourth-order valence-electron chi connectivity index (χ4n) is 1.32. The standard InChI is InChI=1S/C10H16O3.C6H6/c1-6-7-8(2)10(3,13-5)9(11)12-4;1-2-4-6-5-3-1/h6-7H,1H2,2-5H3;1-6H/b8-7+;. The lowest BCUT2D eigenvalue weighted by Crippen LogP contribution is -2.39. The topological polar surface area (TPSA) is 35.5 Å². The van der Waals surface area contributed by atoms with E-state index < -0.39 is 11.6 Å². The van der Waals surface area contributed by atoms with Crippen LogP contribution in [-0.4, -0.2) is 25.8 Å². The third kappa shape index (κ3) is 5.53. The molecule has 0 aromatic heterocycles. The van der Waals surface area contributed by atoms with E-state index in [1.165, 1.54) is 14.2 Å². The second-order valence-electron chi connectivity index (χ2n) is 3.97. The molecule has 0 amide bonds. The first-order valence-corrected chi connectivity index (χ1v) is 5.96. The van der Waals surface area contributed by atoms with Crippen LogP contribution in [0.2, 0.25) is 0 Å². The molecule has 104 valence electrons. The maximum atomic E-state index is 11.4. The number of hydrogen-bond donors (Lipinski definition) is 0. The van der Waals surface area contributed by atoms with Crippen LogP contribution < -0.4 is 0 Å². The Balaban J connectivity index is 0.000000443. The number of methoxy groups -OCH3 is 2.